The van der Waals surface area contributed by atoms with E-state index in [1.165, 1.54) is 12.8 Å². The summed E-state index contributed by atoms with van der Waals surface area (Å²) < 4.78 is 0. The van der Waals surface area contributed by atoms with E-state index in [0.717, 1.165) is 12.8 Å². The van der Waals surface area contributed by atoms with Gasteiger partial charge in [-0.2, -0.15) is 4.98 Å². The van der Waals surface area contributed by atoms with Crippen LogP contribution < -0.4 is 5.32 Å². The molecule has 1 amide bonds. The molecule has 6 heteroatoms. The van der Waals surface area contributed by atoms with Gasteiger partial charge in [0.2, 0.25) is 11.9 Å². The molecule has 2 heterocycles. The molecule has 0 saturated heterocycles. The van der Waals surface area contributed by atoms with Crippen LogP contribution in [-0.4, -0.2) is 26.1 Å². The lowest BCUT2D eigenvalue weighted by molar-refractivity contribution is -0.117. The van der Waals surface area contributed by atoms with Crippen molar-refractivity contribution in [3.8, 4) is 11.5 Å². The van der Waals surface area contributed by atoms with E-state index in [-0.39, 0.29) is 5.91 Å². The summed E-state index contributed by atoms with van der Waals surface area (Å²) in [4.78, 5) is 20.3. The van der Waals surface area contributed by atoms with E-state index in [4.69, 9.17) is 0 Å². The third kappa shape index (κ3) is 3.01. The molecule has 2 N–H and O–H groups in total. The average Bonchev–Trinajstić information content (AvgIpc) is 3.11. The summed E-state index contributed by atoms with van der Waals surface area (Å²) in [5.74, 6) is 1.38. The molecule has 1 aliphatic carbocycles. The van der Waals surface area contributed by atoms with Gasteiger partial charge in [0.1, 0.15) is 5.69 Å². The van der Waals surface area contributed by atoms with Gasteiger partial charge < -0.3 is 0 Å². The van der Waals surface area contributed by atoms with Crippen LogP contribution in [0.5, 0.6) is 0 Å². The predicted octanol–water partition coefficient (Wildman–Crippen LogP) is 2.39. The minimum absolute atomic E-state index is 0.0107. The Morgan fingerprint density at radius 1 is 1.35 bits per heavy atom. The second-order valence-corrected chi connectivity index (χ2v) is 5.13. The van der Waals surface area contributed by atoms with Crippen LogP contribution in [0.3, 0.4) is 0 Å². The van der Waals surface area contributed by atoms with Crippen molar-refractivity contribution in [2.75, 3.05) is 5.32 Å². The minimum atomic E-state index is -0.0107. The van der Waals surface area contributed by atoms with E-state index >= 15 is 0 Å². The number of H-pyrrole nitrogens is 1. The van der Waals surface area contributed by atoms with Crippen molar-refractivity contribution in [1.29, 1.82) is 0 Å². The minimum Gasteiger partial charge on any atom is -0.293 e. The molecule has 0 unspecified atom stereocenters. The van der Waals surface area contributed by atoms with Gasteiger partial charge in [0.05, 0.1) is 0 Å². The zero-order chi connectivity index (χ0) is 13.8. The highest BCUT2D eigenvalue weighted by molar-refractivity contribution is 5.89. The third-order valence-electron chi connectivity index (χ3n) is 3.59. The maximum atomic E-state index is 11.9. The molecule has 0 aliphatic heterocycles. The van der Waals surface area contributed by atoms with Gasteiger partial charge in [0, 0.05) is 12.6 Å². The summed E-state index contributed by atoms with van der Waals surface area (Å²) in [6, 6.07) is 5.55. The van der Waals surface area contributed by atoms with Crippen molar-refractivity contribution in [2.24, 2.45) is 5.92 Å². The van der Waals surface area contributed by atoms with Crippen LogP contribution >= 0.6 is 0 Å². The fourth-order valence-electron chi connectivity index (χ4n) is 2.59. The number of carbonyl (C=O) groups is 1. The molecule has 0 bridgehead atoms. The third-order valence-corrected chi connectivity index (χ3v) is 3.59. The topological polar surface area (TPSA) is 83.6 Å². The number of nitrogens with one attached hydrogen (secondary N) is 2. The maximum Gasteiger partial charge on any atom is 0.249 e. The summed E-state index contributed by atoms with van der Waals surface area (Å²) in [5.41, 5.74) is 0.705. The Kier molecular flexibility index (Phi) is 3.71. The van der Waals surface area contributed by atoms with E-state index in [2.05, 4.69) is 25.5 Å². The first-order valence-electron chi connectivity index (χ1n) is 6.95. The van der Waals surface area contributed by atoms with Crippen molar-refractivity contribution in [3.05, 3.63) is 24.4 Å². The Labute approximate surface area is 117 Å². The lowest BCUT2D eigenvalue weighted by Crippen LogP contribution is -2.16. The number of anilines is 1. The van der Waals surface area contributed by atoms with Gasteiger partial charge in [-0.3, -0.25) is 20.2 Å². The molecule has 104 valence electrons. The summed E-state index contributed by atoms with van der Waals surface area (Å²) in [6.07, 6.45) is 7.04. The number of rotatable bonds is 4. The smallest absolute Gasteiger partial charge is 0.249 e. The SMILES string of the molecule is O=C(CC1CCCC1)Nc1n[nH]c(-c2ccccn2)n1. The highest BCUT2D eigenvalue weighted by Crippen LogP contribution is 2.27. The Balaban J connectivity index is 1.61. The highest BCUT2D eigenvalue weighted by atomic mass is 16.1. The molecule has 2 aromatic rings. The molecule has 0 radical (unpaired) electrons. The molecule has 1 saturated carbocycles. The standard InChI is InChI=1S/C14H17N5O/c20-12(9-10-5-1-2-6-10)16-14-17-13(18-19-14)11-7-3-4-8-15-11/h3-4,7-8,10H,1-2,5-6,9H2,(H2,16,17,18,19,20). The predicted molar refractivity (Wildman–Crippen MR) is 74.8 cm³/mol. The number of aromatic nitrogens is 4. The van der Waals surface area contributed by atoms with E-state index in [1.54, 1.807) is 6.20 Å². The lowest BCUT2D eigenvalue weighted by atomic mass is 10.0. The zero-order valence-electron chi connectivity index (χ0n) is 11.2. The van der Waals surface area contributed by atoms with Crippen LogP contribution in [0.25, 0.3) is 11.5 Å². The van der Waals surface area contributed by atoms with Gasteiger partial charge in [-0.1, -0.05) is 18.9 Å². The van der Waals surface area contributed by atoms with E-state index in [0.29, 0.717) is 29.8 Å². The molecule has 1 fully saturated rings. The molecule has 1 aliphatic rings. The molecule has 2 aromatic heterocycles. The van der Waals surface area contributed by atoms with Crippen LogP contribution in [0.15, 0.2) is 24.4 Å². The average molecular weight is 271 g/mol. The number of nitrogens with zero attached hydrogens (tertiary/aromatic N) is 3. The van der Waals surface area contributed by atoms with Crippen LogP contribution in [-0.2, 0) is 4.79 Å². The summed E-state index contributed by atoms with van der Waals surface area (Å²) in [6.45, 7) is 0. The Hall–Kier alpha value is -2.24. The molecular weight excluding hydrogens is 254 g/mol. The van der Waals surface area contributed by atoms with Gasteiger partial charge in [-0.15, -0.1) is 5.10 Å². The van der Waals surface area contributed by atoms with Gasteiger partial charge >= 0.3 is 0 Å². The Morgan fingerprint density at radius 3 is 2.95 bits per heavy atom. The summed E-state index contributed by atoms with van der Waals surface area (Å²) in [5, 5.41) is 9.52. The van der Waals surface area contributed by atoms with Gasteiger partial charge in [0.25, 0.3) is 0 Å². The first kappa shape index (κ1) is 12.8. The van der Waals surface area contributed by atoms with Crippen LogP contribution in [0, 0.1) is 5.92 Å². The van der Waals surface area contributed by atoms with E-state index < -0.39 is 0 Å². The number of hydrogen-bond donors (Lipinski definition) is 2. The van der Waals surface area contributed by atoms with Crippen LogP contribution in [0.4, 0.5) is 5.95 Å². The van der Waals surface area contributed by atoms with E-state index in [1.807, 2.05) is 18.2 Å². The highest BCUT2D eigenvalue weighted by Gasteiger charge is 2.19. The maximum absolute atomic E-state index is 11.9. The largest absolute Gasteiger partial charge is 0.293 e. The molecular formula is C14H17N5O. The number of aromatic amines is 1. The molecule has 6 nitrogen and oxygen atoms in total. The molecule has 20 heavy (non-hydrogen) atoms. The summed E-state index contributed by atoms with van der Waals surface area (Å²) >= 11 is 0. The fourth-order valence-corrected chi connectivity index (χ4v) is 2.59. The molecule has 3 rings (SSSR count). The first-order chi connectivity index (χ1) is 9.81. The molecule has 0 aromatic carbocycles. The van der Waals surface area contributed by atoms with Crippen molar-refractivity contribution in [3.63, 3.8) is 0 Å². The monoisotopic (exact) mass is 271 g/mol. The number of amides is 1. The number of pyridine rings is 1. The Bertz CT molecular complexity index is 574. The lowest BCUT2D eigenvalue weighted by Gasteiger charge is -2.06. The van der Waals surface area contributed by atoms with Crippen LogP contribution in [0.2, 0.25) is 0 Å². The number of hydrogen-bond acceptors (Lipinski definition) is 4. The normalized spacial score (nSPS) is 15.4. The van der Waals surface area contributed by atoms with Crippen molar-refractivity contribution >= 4 is 11.9 Å². The van der Waals surface area contributed by atoms with Gasteiger partial charge in [-0.05, 0) is 30.9 Å². The number of carbonyl (C=O) groups excluding carboxylic acids is 1. The fraction of sp³-hybridized carbons (Fsp3) is 0.429. The molecule has 0 atom stereocenters. The van der Waals surface area contributed by atoms with E-state index in [9.17, 15) is 4.79 Å². The summed E-state index contributed by atoms with van der Waals surface area (Å²) in [7, 11) is 0. The Morgan fingerprint density at radius 2 is 2.20 bits per heavy atom. The van der Waals surface area contributed by atoms with Gasteiger partial charge in [0.15, 0.2) is 5.82 Å². The molecule has 0 spiro atoms. The van der Waals surface area contributed by atoms with Crippen molar-refractivity contribution in [1.82, 2.24) is 20.2 Å². The quantitative estimate of drug-likeness (QED) is 0.894. The first-order valence-corrected chi connectivity index (χ1v) is 6.95. The van der Waals surface area contributed by atoms with Gasteiger partial charge in [-0.25, -0.2) is 0 Å². The van der Waals surface area contributed by atoms with Crippen molar-refractivity contribution in [2.45, 2.75) is 32.1 Å². The second-order valence-electron chi connectivity index (χ2n) is 5.13. The zero-order valence-corrected chi connectivity index (χ0v) is 11.2. The second kappa shape index (κ2) is 5.81. The van der Waals surface area contributed by atoms with Crippen LogP contribution in [0.1, 0.15) is 32.1 Å². The van der Waals surface area contributed by atoms with Crippen molar-refractivity contribution < 1.29 is 4.79 Å².